The summed E-state index contributed by atoms with van der Waals surface area (Å²) in [5, 5.41) is 0. The topological polar surface area (TPSA) is 40.9 Å². The lowest BCUT2D eigenvalue weighted by atomic mass is 9.93. The van der Waals surface area contributed by atoms with Gasteiger partial charge in [0.05, 0.1) is 11.4 Å². The number of fused-ring (bicyclic) bond motifs is 1. The van der Waals surface area contributed by atoms with Gasteiger partial charge in [0, 0.05) is 37.9 Å². The maximum absolute atomic E-state index is 13.0. The van der Waals surface area contributed by atoms with Crippen molar-refractivity contribution in [3.8, 4) is 0 Å². The van der Waals surface area contributed by atoms with Crippen LogP contribution in [0.4, 0.5) is 5.69 Å². The van der Waals surface area contributed by atoms with Crippen molar-refractivity contribution < 1.29 is 0 Å². The zero-order valence-corrected chi connectivity index (χ0v) is 19.4. The molecule has 5 nitrogen and oxygen atoms in total. The van der Waals surface area contributed by atoms with E-state index in [4.69, 9.17) is 4.98 Å². The largest absolute Gasteiger partial charge is 0.367 e. The van der Waals surface area contributed by atoms with E-state index in [1.807, 2.05) is 19.2 Å². The fourth-order valence-electron chi connectivity index (χ4n) is 4.07. The molecule has 2 unspecified atom stereocenters. The molecule has 1 saturated heterocycles. The zero-order chi connectivity index (χ0) is 21.8. The highest BCUT2D eigenvalue weighted by Crippen LogP contribution is 2.24. The summed E-state index contributed by atoms with van der Waals surface area (Å²) in [6.45, 7) is 13.9. The van der Waals surface area contributed by atoms with E-state index in [1.165, 1.54) is 5.57 Å². The average Bonchev–Trinajstić information content (AvgIpc) is 2.75. The van der Waals surface area contributed by atoms with Gasteiger partial charge in [-0.25, -0.2) is 4.98 Å². The Kier molecular flexibility index (Phi) is 7.14. The zero-order valence-electron chi connectivity index (χ0n) is 19.4. The number of likely N-dealkylation sites (N-methyl/N-ethyl adjacent to an activating group) is 1. The van der Waals surface area contributed by atoms with Gasteiger partial charge in [-0.15, -0.1) is 0 Å². The van der Waals surface area contributed by atoms with Gasteiger partial charge in [0.2, 0.25) is 0 Å². The highest BCUT2D eigenvalue weighted by atomic mass is 16.1. The second kappa shape index (κ2) is 9.61. The van der Waals surface area contributed by atoms with E-state index in [2.05, 4.69) is 62.8 Å². The Labute approximate surface area is 180 Å². The summed E-state index contributed by atoms with van der Waals surface area (Å²) in [5.41, 5.74) is 4.90. The molecule has 0 bridgehead atoms. The molecule has 1 aliphatic rings. The van der Waals surface area contributed by atoms with Gasteiger partial charge in [-0.1, -0.05) is 38.5 Å². The van der Waals surface area contributed by atoms with E-state index >= 15 is 0 Å². The minimum atomic E-state index is -0.0339. The first-order valence-corrected chi connectivity index (χ1v) is 11.2. The van der Waals surface area contributed by atoms with Crippen molar-refractivity contribution in [2.24, 2.45) is 5.92 Å². The quantitative estimate of drug-likeness (QED) is 0.654. The number of piperazine rings is 1. The van der Waals surface area contributed by atoms with Crippen LogP contribution in [0.15, 0.2) is 46.9 Å². The Hall–Kier alpha value is -2.40. The fraction of sp³-hybridized carbons (Fsp3) is 0.520. The summed E-state index contributed by atoms with van der Waals surface area (Å²) in [6, 6.07) is 6.22. The number of aromatic nitrogens is 2. The number of anilines is 1. The number of pyridine rings is 1. The molecular weight excluding hydrogens is 372 g/mol. The third-order valence-corrected chi connectivity index (χ3v) is 6.57. The van der Waals surface area contributed by atoms with Crippen LogP contribution in [0, 0.1) is 5.92 Å². The smallest absolute Gasteiger partial charge is 0.258 e. The molecule has 0 N–H and O–H groups in total. The number of nitrogens with zero attached hydrogens (tertiary/aromatic N) is 4. The molecule has 0 spiro atoms. The van der Waals surface area contributed by atoms with E-state index in [-0.39, 0.29) is 5.56 Å². The molecule has 30 heavy (non-hydrogen) atoms. The molecule has 0 saturated carbocycles. The normalized spacial score (nSPS) is 20.1. The number of hydrogen-bond donors (Lipinski definition) is 0. The predicted molar refractivity (Wildman–Crippen MR) is 127 cm³/mol. The van der Waals surface area contributed by atoms with Crippen LogP contribution in [0.1, 0.15) is 53.2 Å². The molecule has 3 heterocycles. The monoisotopic (exact) mass is 408 g/mol. The van der Waals surface area contributed by atoms with Crippen LogP contribution < -0.4 is 10.5 Å². The Morgan fingerprint density at radius 3 is 2.70 bits per heavy atom. The van der Waals surface area contributed by atoms with Gasteiger partial charge in [0.15, 0.2) is 0 Å². The van der Waals surface area contributed by atoms with E-state index < -0.39 is 0 Å². The summed E-state index contributed by atoms with van der Waals surface area (Å²) in [5.74, 6) is 0.528. The average molecular weight is 409 g/mol. The van der Waals surface area contributed by atoms with Gasteiger partial charge >= 0.3 is 0 Å². The van der Waals surface area contributed by atoms with Crippen molar-refractivity contribution >= 4 is 16.9 Å². The minimum Gasteiger partial charge on any atom is -0.367 e. The third kappa shape index (κ3) is 4.67. The van der Waals surface area contributed by atoms with E-state index in [1.54, 1.807) is 10.5 Å². The molecule has 5 heteroatoms. The highest BCUT2D eigenvalue weighted by molar-refractivity contribution is 5.73. The predicted octanol–water partition coefficient (Wildman–Crippen LogP) is 4.62. The first kappa shape index (κ1) is 22.3. The lowest BCUT2D eigenvalue weighted by Crippen LogP contribution is -2.50. The van der Waals surface area contributed by atoms with Crippen LogP contribution in [0.5, 0.6) is 0 Å². The van der Waals surface area contributed by atoms with Crippen molar-refractivity contribution in [2.75, 3.05) is 31.6 Å². The molecular formula is C25H36N4O. The molecule has 0 amide bonds. The standard InChI is InChI=1S/C25H36N4O/c1-7-18(4)20(8-2)14-21(9-3)23-15-25(30)29-17-22(10-11-24(29)26-23)28-13-12-27(6)19(5)16-28/h9-11,14-15,17-19H,7-8,12-13,16H2,1-6H3/b20-14+,21-9+. The number of rotatable bonds is 6. The molecule has 2 aromatic heterocycles. The Balaban J connectivity index is 1.96. The second-order valence-electron chi connectivity index (χ2n) is 8.50. The van der Waals surface area contributed by atoms with Crippen LogP contribution in [0.25, 0.3) is 11.2 Å². The van der Waals surface area contributed by atoms with Gasteiger partial charge in [-0.2, -0.15) is 0 Å². The first-order chi connectivity index (χ1) is 14.4. The van der Waals surface area contributed by atoms with Gasteiger partial charge in [0.25, 0.3) is 5.56 Å². The number of allylic oxidation sites excluding steroid dienone is 4. The van der Waals surface area contributed by atoms with Crippen molar-refractivity contribution in [3.05, 3.63) is 58.2 Å². The Morgan fingerprint density at radius 2 is 2.07 bits per heavy atom. The maximum atomic E-state index is 13.0. The third-order valence-electron chi connectivity index (χ3n) is 6.57. The van der Waals surface area contributed by atoms with Crippen molar-refractivity contribution in [1.29, 1.82) is 0 Å². The molecule has 0 aliphatic carbocycles. The van der Waals surface area contributed by atoms with Crippen LogP contribution in [0.3, 0.4) is 0 Å². The van der Waals surface area contributed by atoms with Gasteiger partial charge in [-0.05, 0) is 57.4 Å². The second-order valence-corrected chi connectivity index (χ2v) is 8.50. The molecule has 0 aromatic carbocycles. The SMILES string of the molecule is C/C=C(\C=C(/CC)C(C)CC)c1cc(=O)n2cc(N3CCN(C)C(C)C3)ccc2n1. The van der Waals surface area contributed by atoms with E-state index in [9.17, 15) is 4.79 Å². The Bertz CT molecular complexity index is 1000. The highest BCUT2D eigenvalue weighted by Gasteiger charge is 2.21. The van der Waals surface area contributed by atoms with E-state index in [0.29, 0.717) is 17.6 Å². The minimum absolute atomic E-state index is 0.0339. The van der Waals surface area contributed by atoms with E-state index in [0.717, 1.165) is 49.4 Å². The molecule has 0 radical (unpaired) electrons. The molecule has 1 aliphatic heterocycles. The first-order valence-electron chi connectivity index (χ1n) is 11.2. The lowest BCUT2D eigenvalue weighted by molar-refractivity contribution is 0.234. The summed E-state index contributed by atoms with van der Waals surface area (Å²) in [7, 11) is 2.16. The molecule has 2 aromatic rings. The number of hydrogen-bond acceptors (Lipinski definition) is 4. The van der Waals surface area contributed by atoms with Gasteiger partial charge in [0.1, 0.15) is 5.65 Å². The summed E-state index contributed by atoms with van der Waals surface area (Å²) in [4.78, 5) is 22.5. The van der Waals surface area contributed by atoms with Gasteiger partial charge < -0.3 is 9.80 Å². The summed E-state index contributed by atoms with van der Waals surface area (Å²) in [6.07, 6.45) is 8.32. The fourth-order valence-corrected chi connectivity index (χ4v) is 4.07. The van der Waals surface area contributed by atoms with Crippen LogP contribution in [-0.4, -0.2) is 47.0 Å². The van der Waals surface area contributed by atoms with Crippen LogP contribution >= 0.6 is 0 Å². The lowest BCUT2D eigenvalue weighted by Gasteiger charge is -2.39. The van der Waals surface area contributed by atoms with Crippen LogP contribution in [-0.2, 0) is 0 Å². The molecule has 1 fully saturated rings. The van der Waals surface area contributed by atoms with Crippen molar-refractivity contribution in [1.82, 2.24) is 14.3 Å². The molecule has 2 atom stereocenters. The molecule has 162 valence electrons. The van der Waals surface area contributed by atoms with Crippen LogP contribution in [0.2, 0.25) is 0 Å². The van der Waals surface area contributed by atoms with Gasteiger partial charge in [-0.3, -0.25) is 9.20 Å². The Morgan fingerprint density at radius 1 is 1.30 bits per heavy atom. The molecule has 3 rings (SSSR count). The van der Waals surface area contributed by atoms with Crippen molar-refractivity contribution in [2.45, 2.75) is 53.5 Å². The summed E-state index contributed by atoms with van der Waals surface area (Å²) < 4.78 is 1.67. The van der Waals surface area contributed by atoms with Crippen molar-refractivity contribution in [3.63, 3.8) is 0 Å². The maximum Gasteiger partial charge on any atom is 0.258 e. The summed E-state index contributed by atoms with van der Waals surface area (Å²) >= 11 is 0.